The van der Waals surface area contributed by atoms with Crippen LogP contribution in [0.15, 0.2) is 12.2 Å². The van der Waals surface area contributed by atoms with Gasteiger partial charge in [0.1, 0.15) is 0 Å². The number of allylic oxidation sites excluding steroid dienone is 1. The largest absolute Gasteiger partial charge is 0.392 e. The Labute approximate surface area is 54.2 Å². The molecule has 1 N–H and O–H groups in total. The number of hydrogen-bond acceptors (Lipinski definition) is 2. The van der Waals surface area contributed by atoms with Gasteiger partial charge >= 0.3 is 0 Å². The Morgan fingerprint density at radius 2 is 2.44 bits per heavy atom. The molecule has 50 valence electrons. The third-order valence-corrected chi connectivity index (χ3v) is 1.69. The molecule has 0 spiro atoms. The molecule has 2 atom stereocenters. The van der Waals surface area contributed by atoms with Crippen molar-refractivity contribution in [1.82, 2.24) is 0 Å². The second kappa shape index (κ2) is 2.31. The van der Waals surface area contributed by atoms with Crippen LogP contribution in [0.1, 0.15) is 13.3 Å². The molecule has 0 aromatic rings. The zero-order chi connectivity index (χ0) is 6.85. The zero-order valence-corrected chi connectivity index (χ0v) is 5.37. The lowest BCUT2D eigenvalue weighted by molar-refractivity contribution is -0.121. The van der Waals surface area contributed by atoms with E-state index in [1.807, 2.05) is 0 Å². The van der Waals surface area contributed by atoms with E-state index in [1.54, 1.807) is 13.0 Å². The summed E-state index contributed by atoms with van der Waals surface area (Å²) in [5.74, 6) is -0.163. The maximum atomic E-state index is 10.8. The van der Waals surface area contributed by atoms with Gasteiger partial charge in [0, 0.05) is 5.92 Å². The highest BCUT2D eigenvalue weighted by atomic mass is 16.3. The summed E-state index contributed by atoms with van der Waals surface area (Å²) in [6.45, 7) is 1.75. The van der Waals surface area contributed by atoms with E-state index in [4.69, 9.17) is 5.11 Å². The van der Waals surface area contributed by atoms with Crippen molar-refractivity contribution in [3.63, 3.8) is 0 Å². The SMILES string of the molecule is C[C@@H]1C(=O)C=CC[C@@H]1O. The molecule has 0 fully saturated rings. The van der Waals surface area contributed by atoms with Crippen LogP contribution < -0.4 is 0 Å². The van der Waals surface area contributed by atoms with Gasteiger partial charge in [-0.1, -0.05) is 13.0 Å². The molecular formula is C7H10O2. The average Bonchev–Trinajstić information content (AvgIpc) is 1.83. The van der Waals surface area contributed by atoms with Crippen LogP contribution in [-0.4, -0.2) is 17.0 Å². The number of ketones is 1. The van der Waals surface area contributed by atoms with Gasteiger partial charge in [-0.3, -0.25) is 4.79 Å². The summed E-state index contributed by atoms with van der Waals surface area (Å²) in [5, 5.41) is 9.08. The summed E-state index contributed by atoms with van der Waals surface area (Å²) in [5.41, 5.74) is 0. The molecule has 0 heterocycles. The Morgan fingerprint density at radius 1 is 1.78 bits per heavy atom. The molecule has 1 aliphatic carbocycles. The van der Waals surface area contributed by atoms with Crippen molar-refractivity contribution < 1.29 is 9.90 Å². The van der Waals surface area contributed by atoms with Crippen molar-refractivity contribution in [2.75, 3.05) is 0 Å². The molecule has 1 aliphatic rings. The van der Waals surface area contributed by atoms with Crippen LogP contribution in [0, 0.1) is 5.92 Å². The lowest BCUT2D eigenvalue weighted by Crippen LogP contribution is -2.26. The van der Waals surface area contributed by atoms with Crippen molar-refractivity contribution in [2.45, 2.75) is 19.4 Å². The number of aliphatic hydroxyl groups is 1. The Balaban J connectivity index is 2.69. The van der Waals surface area contributed by atoms with E-state index in [0.717, 1.165) is 0 Å². The number of carbonyl (C=O) groups is 1. The first-order valence-corrected chi connectivity index (χ1v) is 3.10. The number of carbonyl (C=O) groups excluding carboxylic acids is 1. The third-order valence-electron chi connectivity index (χ3n) is 1.69. The van der Waals surface area contributed by atoms with Crippen LogP contribution in [0.5, 0.6) is 0 Å². The van der Waals surface area contributed by atoms with Crippen molar-refractivity contribution in [3.05, 3.63) is 12.2 Å². The fourth-order valence-electron chi connectivity index (χ4n) is 0.869. The Bertz CT molecular complexity index is 149. The molecule has 0 saturated carbocycles. The molecule has 0 radical (unpaired) electrons. The van der Waals surface area contributed by atoms with Gasteiger partial charge in [0.15, 0.2) is 5.78 Å². The van der Waals surface area contributed by atoms with Gasteiger partial charge in [0.25, 0.3) is 0 Å². The number of aliphatic hydroxyl groups excluding tert-OH is 1. The highest BCUT2D eigenvalue weighted by Gasteiger charge is 2.21. The molecule has 1 rings (SSSR count). The minimum absolute atomic E-state index is 0.0359. The fourth-order valence-corrected chi connectivity index (χ4v) is 0.869. The van der Waals surface area contributed by atoms with Crippen molar-refractivity contribution in [1.29, 1.82) is 0 Å². The van der Waals surface area contributed by atoms with Crippen molar-refractivity contribution in [2.24, 2.45) is 5.92 Å². The maximum absolute atomic E-state index is 10.8. The molecule has 0 amide bonds. The molecular weight excluding hydrogens is 116 g/mol. The molecule has 9 heavy (non-hydrogen) atoms. The van der Waals surface area contributed by atoms with Crippen LogP contribution in [-0.2, 0) is 4.79 Å². The smallest absolute Gasteiger partial charge is 0.160 e. The van der Waals surface area contributed by atoms with Gasteiger partial charge in [-0.25, -0.2) is 0 Å². The first-order chi connectivity index (χ1) is 4.22. The molecule has 2 nitrogen and oxygen atoms in total. The van der Waals surface area contributed by atoms with E-state index in [9.17, 15) is 4.79 Å². The molecule has 0 aromatic carbocycles. The summed E-state index contributed by atoms with van der Waals surface area (Å²) < 4.78 is 0. The summed E-state index contributed by atoms with van der Waals surface area (Å²) >= 11 is 0. The fraction of sp³-hybridized carbons (Fsp3) is 0.571. The van der Waals surface area contributed by atoms with Crippen molar-refractivity contribution >= 4 is 5.78 Å². The van der Waals surface area contributed by atoms with E-state index >= 15 is 0 Å². The van der Waals surface area contributed by atoms with Crippen LogP contribution in [0.25, 0.3) is 0 Å². The van der Waals surface area contributed by atoms with Crippen LogP contribution in [0.2, 0.25) is 0 Å². The highest BCUT2D eigenvalue weighted by Crippen LogP contribution is 2.14. The third kappa shape index (κ3) is 1.19. The van der Waals surface area contributed by atoms with E-state index in [-0.39, 0.29) is 11.7 Å². The van der Waals surface area contributed by atoms with Crippen molar-refractivity contribution in [3.8, 4) is 0 Å². The van der Waals surface area contributed by atoms with Gasteiger partial charge in [0.2, 0.25) is 0 Å². The summed E-state index contributed by atoms with van der Waals surface area (Å²) in [7, 11) is 0. The lowest BCUT2D eigenvalue weighted by atomic mass is 9.92. The van der Waals surface area contributed by atoms with Gasteiger partial charge in [-0.05, 0) is 12.5 Å². The first-order valence-electron chi connectivity index (χ1n) is 3.10. The van der Waals surface area contributed by atoms with Crippen LogP contribution in [0.3, 0.4) is 0 Å². The van der Waals surface area contributed by atoms with E-state index in [0.29, 0.717) is 6.42 Å². The minimum Gasteiger partial charge on any atom is -0.392 e. The predicted molar refractivity (Wildman–Crippen MR) is 33.9 cm³/mol. The van der Waals surface area contributed by atoms with E-state index < -0.39 is 6.10 Å². The van der Waals surface area contributed by atoms with E-state index in [2.05, 4.69) is 0 Å². The van der Waals surface area contributed by atoms with Gasteiger partial charge < -0.3 is 5.11 Å². The second-order valence-corrected chi connectivity index (χ2v) is 2.40. The quantitative estimate of drug-likeness (QED) is 0.513. The minimum atomic E-state index is -0.456. The summed E-state index contributed by atoms with van der Waals surface area (Å²) in [6.07, 6.45) is 3.42. The Morgan fingerprint density at radius 3 is 2.89 bits per heavy atom. The monoisotopic (exact) mass is 126 g/mol. The molecule has 0 aromatic heterocycles. The standard InChI is InChI=1S/C7H10O2/c1-5-6(8)3-2-4-7(5)9/h2-3,5,7,9H,4H2,1H3/t5-,7+/m1/s1. The highest BCUT2D eigenvalue weighted by molar-refractivity contribution is 5.92. The molecule has 0 bridgehead atoms. The normalized spacial score (nSPS) is 35.1. The molecule has 0 unspecified atom stereocenters. The van der Waals surface area contributed by atoms with E-state index in [1.165, 1.54) is 6.08 Å². The van der Waals surface area contributed by atoms with Crippen LogP contribution >= 0.6 is 0 Å². The second-order valence-electron chi connectivity index (χ2n) is 2.40. The van der Waals surface area contributed by atoms with Crippen LogP contribution in [0.4, 0.5) is 0 Å². The molecule has 0 aliphatic heterocycles. The Hall–Kier alpha value is -0.630. The first kappa shape index (κ1) is 6.49. The average molecular weight is 126 g/mol. The predicted octanol–water partition coefficient (Wildman–Crippen LogP) is 0.512. The van der Waals surface area contributed by atoms with Gasteiger partial charge in [0.05, 0.1) is 6.10 Å². The lowest BCUT2D eigenvalue weighted by Gasteiger charge is -2.17. The molecule has 2 heteroatoms. The maximum Gasteiger partial charge on any atom is 0.160 e. The Kier molecular flexibility index (Phi) is 1.67. The summed E-state index contributed by atoms with van der Waals surface area (Å²) in [4.78, 5) is 10.8. The zero-order valence-electron chi connectivity index (χ0n) is 5.37. The topological polar surface area (TPSA) is 37.3 Å². The number of rotatable bonds is 0. The summed E-state index contributed by atoms with van der Waals surface area (Å²) in [6, 6.07) is 0. The number of hydrogen-bond donors (Lipinski definition) is 1. The van der Waals surface area contributed by atoms with Gasteiger partial charge in [-0.15, -0.1) is 0 Å². The molecule has 0 saturated heterocycles. The van der Waals surface area contributed by atoms with Gasteiger partial charge in [-0.2, -0.15) is 0 Å².